The topological polar surface area (TPSA) is 106 Å². The highest BCUT2D eigenvalue weighted by molar-refractivity contribution is 5.90. The van der Waals surface area contributed by atoms with E-state index in [0.717, 1.165) is 25.7 Å². The van der Waals surface area contributed by atoms with Crippen LogP contribution in [-0.2, 0) is 9.59 Å². The van der Waals surface area contributed by atoms with Crippen LogP contribution in [0.15, 0.2) is 12.2 Å². The molecule has 0 heterocycles. The molecule has 5 nitrogen and oxygen atoms in total. The number of aliphatic carboxylic acids is 1. The fraction of sp³-hybridized carbons (Fsp3) is 0.714. The molecule has 1 rings (SSSR count). The van der Waals surface area contributed by atoms with Crippen molar-refractivity contribution < 1.29 is 14.7 Å². The van der Waals surface area contributed by atoms with Crippen LogP contribution in [0.5, 0.6) is 0 Å². The van der Waals surface area contributed by atoms with E-state index in [1.807, 2.05) is 19.1 Å². The zero-order valence-electron chi connectivity index (χ0n) is 11.4. The summed E-state index contributed by atoms with van der Waals surface area (Å²) in [7, 11) is 0. The molecule has 0 saturated heterocycles. The van der Waals surface area contributed by atoms with E-state index < -0.39 is 12.0 Å². The lowest BCUT2D eigenvalue weighted by Crippen LogP contribution is -2.41. The first-order valence-electron chi connectivity index (χ1n) is 6.85. The van der Waals surface area contributed by atoms with Gasteiger partial charge in [-0.3, -0.25) is 9.59 Å². The minimum Gasteiger partial charge on any atom is -0.481 e. The second-order valence-corrected chi connectivity index (χ2v) is 5.35. The molecule has 0 bridgehead atoms. The van der Waals surface area contributed by atoms with Crippen LogP contribution < -0.4 is 11.5 Å². The minimum atomic E-state index is -1.04. The maximum atomic E-state index is 12.3. The summed E-state index contributed by atoms with van der Waals surface area (Å²) in [5.74, 6) is -1.34. The molecule has 0 aromatic carbocycles. The van der Waals surface area contributed by atoms with E-state index in [-0.39, 0.29) is 30.1 Å². The molecule has 0 amide bonds. The second kappa shape index (κ2) is 7.40. The molecule has 1 aliphatic rings. The minimum absolute atomic E-state index is 0.134. The number of carboxylic acid groups (broad SMARTS) is 1. The van der Waals surface area contributed by atoms with Crippen LogP contribution in [0.1, 0.15) is 39.0 Å². The maximum absolute atomic E-state index is 12.3. The summed E-state index contributed by atoms with van der Waals surface area (Å²) >= 11 is 0. The van der Waals surface area contributed by atoms with Gasteiger partial charge in [0.1, 0.15) is 0 Å². The fourth-order valence-electron chi connectivity index (χ4n) is 2.82. The molecule has 0 radical (unpaired) electrons. The van der Waals surface area contributed by atoms with Gasteiger partial charge in [0, 0.05) is 12.0 Å². The van der Waals surface area contributed by atoms with Gasteiger partial charge >= 0.3 is 5.97 Å². The largest absolute Gasteiger partial charge is 0.481 e. The lowest BCUT2D eigenvalue weighted by atomic mass is 9.75. The molecule has 108 valence electrons. The molecule has 1 aliphatic carbocycles. The summed E-state index contributed by atoms with van der Waals surface area (Å²) < 4.78 is 0. The number of Topliss-reactive ketones (excluding diaryl/α,β-unsaturated/α-hetero) is 1. The van der Waals surface area contributed by atoms with Crippen molar-refractivity contribution in [3.05, 3.63) is 12.2 Å². The summed E-state index contributed by atoms with van der Waals surface area (Å²) in [6.45, 7) is 1.85. The predicted molar refractivity (Wildman–Crippen MR) is 73.5 cm³/mol. The molecule has 1 saturated carbocycles. The van der Waals surface area contributed by atoms with Crippen molar-refractivity contribution in [3.63, 3.8) is 0 Å². The first kappa shape index (κ1) is 15.9. The Bertz CT molecular complexity index is 355. The third kappa shape index (κ3) is 4.76. The Labute approximate surface area is 114 Å². The van der Waals surface area contributed by atoms with E-state index in [1.165, 1.54) is 0 Å². The second-order valence-electron chi connectivity index (χ2n) is 5.35. The number of carbonyl (C=O) groups is 2. The van der Waals surface area contributed by atoms with Crippen molar-refractivity contribution in [3.8, 4) is 0 Å². The van der Waals surface area contributed by atoms with Crippen LogP contribution in [0.3, 0.4) is 0 Å². The van der Waals surface area contributed by atoms with E-state index in [0.29, 0.717) is 0 Å². The monoisotopic (exact) mass is 268 g/mol. The summed E-state index contributed by atoms with van der Waals surface area (Å²) in [6.07, 6.45) is 7.12. The van der Waals surface area contributed by atoms with Gasteiger partial charge < -0.3 is 16.6 Å². The predicted octanol–water partition coefficient (Wildman–Crippen LogP) is 1.07. The van der Waals surface area contributed by atoms with Crippen molar-refractivity contribution in [1.82, 2.24) is 0 Å². The first-order chi connectivity index (χ1) is 8.95. The van der Waals surface area contributed by atoms with E-state index in [9.17, 15) is 9.59 Å². The van der Waals surface area contributed by atoms with Gasteiger partial charge in [-0.2, -0.15) is 0 Å². The van der Waals surface area contributed by atoms with Crippen molar-refractivity contribution >= 4 is 11.8 Å². The Morgan fingerprint density at radius 3 is 2.63 bits per heavy atom. The molecule has 0 aromatic heterocycles. The number of carbonyl (C=O) groups excluding carboxylic acids is 1. The van der Waals surface area contributed by atoms with E-state index in [1.54, 1.807) is 0 Å². The maximum Gasteiger partial charge on any atom is 0.305 e. The van der Waals surface area contributed by atoms with Crippen LogP contribution >= 0.6 is 0 Å². The zero-order chi connectivity index (χ0) is 14.4. The number of hydrogen-bond donors (Lipinski definition) is 3. The lowest BCUT2D eigenvalue weighted by molar-refractivity contribution is -0.139. The van der Waals surface area contributed by atoms with Crippen LogP contribution in [0, 0.1) is 11.8 Å². The van der Waals surface area contributed by atoms with Gasteiger partial charge in [0.2, 0.25) is 0 Å². The van der Waals surface area contributed by atoms with Crippen LogP contribution in [0.2, 0.25) is 0 Å². The molecule has 5 heteroatoms. The number of allylic oxidation sites excluding steroid dienone is 2. The van der Waals surface area contributed by atoms with Gasteiger partial charge in [-0.1, -0.05) is 18.6 Å². The summed E-state index contributed by atoms with van der Waals surface area (Å²) in [4.78, 5) is 22.9. The quantitative estimate of drug-likeness (QED) is 0.625. The Kier molecular flexibility index (Phi) is 6.18. The van der Waals surface area contributed by atoms with Crippen molar-refractivity contribution in [2.75, 3.05) is 0 Å². The van der Waals surface area contributed by atoms with Crippen molar-refractivity contribution in [2.45, 2.75) is 51.1 Å². The van der Waals surface area contributed by atoms with Gasteiger partial charge in [0.05, 0.1) is 12.5 Å². The standard InChI is InChI=1S/C14H24N2O3/c1-2-4-11(9-5-3-6-10(15)7-9)14(19)12(16)8-13(17)18/h2,4,9-12H,3,5-8,15-16H2,1H3,(H,17,18)/t9?,10?,11?,12-/m0/s1. The fourth-order valence-corrected chi connectivity index (χ4v) is 2.82. The third-order valence-electron chi connectivity index (χ3n) is 3.75. The highest BCUT2D eigenvalue weighted by atomic mass is 16.4. The number of hydrogen-bond acceptors (Lipinski definition) is 4. The van der Waals surface area contributed by atoms with Gasteiger partial charge in [-0.25, -0.2) is 0 Å². The van der Waals surface area contributed by atoms with Crippen LogP contribution in [0.4, 0.5) is 0 Å². The Morgan fingerprint density at radius 1 is 1.42 bits per heavy atom. The average Bonchev–Trinajstić information content (AvgIpc) is 2.34. The number of ketones is 1. The lowest BCUT2D eigenvalue weighted by Gasteiger charge is -2.32. The Hall–Kier alpha value is -1.20. The van der Waals surface area contributed by atoms with E-state index in [4.69, 9.17) is 16.6 Å². The summed E-state index contributed by atoms with van der Waals surface area (Å²) in [6, 6.07) is -0.799. The average molecular weight is 268 g/mol. The third-order valence-corrected chi connectivity index (χ3v) is 3.75. The van der Waals surface area contributed by atoms with E-state index in [2.05, 4.69) is 0 Å². The molecule has 1 fully saturated rings. The highest BCUT2D eigenvalue weighted by Crippen LogP contribution is 2.31. The van der Waals surface area contributed by atoms with E-state index >= 15 is 0 Å². The van der Waals surface area contributed by atoms with Crippen molar-refractivity contribution in [1.29, 1.82) is 0 Å². The van der Waals surface area contributed by atoms with Gasteiger partial charge in [0.15, 0.2) is 5.78 Å². The number of rotatable bonds is 6. The Morgan fingerprint density at radius 2 is 2.11 bits per heavy atom. The molecular formula is C14H24N2O3. The van der Waals surface area contributed by atoms with Gasteiger partial charge in [-0.05, 0) is 32.1 Å². The molecule has 19 heavy (non-hydrogen) atoms. The highest BCUT2D eigenvalue weighted by Gasteiger charge is 2.33. The molecule has 0 spiro atoms. The van der Waals surface area contributed by atoms with Crippen LogP contribution in [0.25, 0.3) is 0 Å². The Balaban J connectivity index is 2.75. The molecular weight excluding hydrogens is 244 g/mol. The molecule has 3 unspecified atom stereocenters. The SMILES string of the molecule is CC=CC(C(=O)[C@@H](N)CC(=O)O)C1CCCC(N)C1. The smallest absolute Gasteiger partial charge is 0.305 e. The first-order valence-corrected chi connectivity index (χ1v) is 6.85. The summed E-state index contributed by atoms with van der Waals surface area (Å²) in [5, 5.41) is 8.73. The molecule has 0 aliphatic heterocycles. The van der Waals surface area contributed by atoms with Crippen LogP contribution in [-0.4, -0.2) is 28.9 Å². The van der Waals surface area contributed by atoms with Gasteiger partial charge in [-0.15, -0.1) is 0 Å². The van der Waals surface area contributed by atoms with Crippen molar-refractivity contribution in [2.24, 2.45) is 23.3 Å². The number of nitrogens with two attached hydrogens (primary N) is 2. The summed E-state index contributed by atoms with van der Waals surface area (Å²) in [5.41, 5.74) is 11.7. The van der Waals surface area contributed by atoms with Gasteiger partial charge in [0.25, 0.3) is 0 Å². The zero-order valence-corrected chi connectivity index (χ0v) is 11.4. The normalized spacial score (nSPS) is 27.1. The number of carboxylic acids is 1. The molecule has 0 aromatic rings. The molecule has 4 atom stereocenters. The molecule has 5 N–H and O–H groups in total.